The van der Waals surface area contributed by atoms with E-state index in [2.05, 4.69) is 20.8 Å². The van der Waals surface area contributed by atoms with Crippen molar-refractivity contribution in [3.8, 4) is 0 Å². The van der Waals surface area contributed by atoms with Crippen LogP contribution in [-0.4, -0.2) is 20.2 Å². The van der Waals surface area contributed by atoms with E-state index in [1.54, 1.807) is 18.4 Å². The van der Waals surface area contributed by atoms with Crippen LogP contribution in [0.2, 0.25) is 5.02 Å². The molecule has 8 heteroatoms. The molecule has 1 atom stereocenters. The number of hydrogen-bond acceptors (Lipinski definition) is 6. The highest BCUT2D eigenvalue weighted by Gasteiger charge is 2.17. The van der Waals surface area contributed by atoms with Crippen LogP contribution in [0, 0.1) is 0 Å². The van der Waals surface area contributed by atoms with Crippen LogP contribution in [0.15, 0.2) is 11.4 Å². The summed E-state index contributed by atoms with van der Waals surface area (Å²) in [5.41, 5.74) is 2.71. The number of aromatic nitrogens is 4. The molecule has 2 aromatic rings. The van der Waals surface area contributed by atoms with E-state index >= 15 is 0 Å². The van der Waals surface area contributed by atoms with Gasteiger partial charge in [0.1, 0.15) is 0 Å². The highest BCUT2D eigenvalue weighted by molar-refractivity contribution is 7.10. The van der Waals surface area contributed by atoms with E-state index in [0.717, 1.165) is 4.88 Å². The van der Waals surface area contributed by atoms with E-state index in [1.807, 2.05) is 11.4 Å². The molecule has 0 amide bonds. The van der Waals surface area contributed by atoms with Crippen molar-refractivity contribution in [3.63, 3.8) is 0 Å². The molecule has 0 aliphatic heterocycles. The van der Waals surface area contributed by atoms with Gasteiger partial charge in [0, 0.05) is 11.3 Å². The molecule has 1 unspecified atom stereocenters. The fourth-order valence-corrected chi connectivity index (χ4v) is 2.62. The Morgan fingerprint density at radius 1 is 1.69 bits per heavy atom. The molecule has 2 heterocycles. The lowest BCUT2D eigenvalue weighted by Gasteiger charge is -2.12. The molecule has 0 saturated heterocycles. The summed E-state index contributed by atoms with van der Waals surface area (Å²) in [6, 6.07) is 1.76. The summed E-state index contributed by atoms with van der Waals surface area (Å²) >= 11 is 7.59. The average molecular weight is 259 g/mol. The van der Waals surface area contributed by atoms with Gasteiger partial charge in [0.2, 0.25) is 0 Å². The number of aryl methyl sites for hydroxylation is 1. The maximum atomic E-state index is 6.04. The summed E-state index contributed by atoms with van der Waals surface area (Å²) in [7, 11) is 1.72. The zero-order valence-corrected chi connectivity index (χ0v) is 10.2. The highest BCUT2D eigenvalue weighted by atomic mass is 35.5. The zero-order valence-electron chi connectivity index (χ0n) is 8.59. The minimum atomic E-state index is -0.0864. The van der Waals surface area contributed by atoms with Crippen molar-refractivity contribution in [2.45, 2.75) is 12.5 Å². The topological polar surface area (TPSA) is 81.7 Å². The van der Waals surface area contributed by atoms with Gasteiger partial charge in [-0.1, -0.05) is 11.6 Å². The van der Waals surface area contributed by atoms with Gasteiger partial charge in [-0.2, -0.15) is 4.80 Å². The van der Waals surface area contributed by atoms with Crippen molar-refractivity contribution in [3.05, 3.63) is 27.2 Å². The second-order valence-corrected chi connectivity index (χ2v) is 4.61. The summed E-state index contributed by atoms with van der Waals surface area (Å²) in [4.78, 5) is 2.40. The van der Waals surface area contributed by atoms with Crippen molar-refractivity contribution < 1.29 is 0 Å². The molecule has 2 aromatic heterocycles. The molecule has 0 fully saturated rings. The van der Waals surface area contributed by atoms with Crippen molar-refractivity contribution in [1.82, 2.24) is 25.6 Å². The fourth-order valence-electron chi connectivity index (χ4n) is 1.37. The summed E-state index contributed by atoms with van der Waals surface area (Å²) < 4.78 is 0. The third kappa shape index (κ3) is 2.38. The van der Waals surface area contributed by atoms with E-state index in [0.29, 0.717) is 17.3 Å². The lowest BCUT2D eigenvalue weighted by molar-refractivity contribution is 0.544. The molecule has 3 N–H and O–H groups in total. The SMILES string of the molecule is Cn1nnc(CC(NN)c2sccc2Cl)n1. The van der Waals surface area contributed by atoms with Crippen LogP contribution in [-0.2, 0) is 13.5 Å². The van der Waals surface area contributed by atoms with Gasteiger partial charge in [-0.25, -0.2) is 0 Å². The van der Waals surface area contributed by atoms with Gasteiger partial charge in [0.25, 0.3) is 0 Å². The lowest BCUT2D eigenvalue weighted by atomic mass is 10.2. The van der Waals surface area contributed by atoms with Crippen molar-refractivity contribution in [1.29, 1.82) is 0 Å². The van der Waals surface area contributed by atoms with E-state index in [9.17, 15) is 0 Å². The Balaban J connectivity index is 2.15. The molecule has 0 radical (unpaired) electrons. The van der Waals surface area contributed by atoms with Crippen LogP contribution in [0.1, 0.15) is 16.7 Å². The fraction of sp³-hybridized carbons (Fsp3) is 0.375. The number of thiophene rings is 1. The maximum absolute atomic E-state index is 6.04. The molecule has 2 rings (SSSR count). The number of rotatable bonds is 4. The van der Waals surface area contributed by atoms with Crippen LogP contribution >= 0.6 is 22.9 Å². The quantitative estimate of drug-likeness (QED) is 0.622. The number of nitrogens with two attached hydrogens (primary N) is 1. The Kier molecular flexibility index (Phi) is 3.49. The van der Waals surface area contributed by atoms with Crippen LogP contribution in [0.5, 0.6) is 0 Å². The van der Waals surface area contributed by atoms with Gasteiger partial charge < -0.3 is 0 Å². The summed E-state index contributed by atoms with van der Waals surface area (Å²) in [6.07, 6.45) is 0.560. The van der Waals surface area contributed by atoms with E-state index in [4.69, 9.17) is 17.4 Å². The van der Waals surface area contributed by atoms with Gasteiger partial charge in [0.15, 0.2) is 5.82 Å². The van der Waals surface area contributed by atoms with Gasteiger partial charge >= 0.3 is 0 Å². The second kappa shape index (κ2) is 4.88. The van der Waals surface area contributed by atoms with E-state index in [1.165, 1.54) is 4.80 Å². The second-order valence-electron chi connectivity index (χ2n) is 3.25. The Labute approximate surface area is 101 Å². The number of halogens is 1. The molecule has 6 nitrogen and oxygen atoms in total. The monoisotopic (exact) mass is 258 g/mol. The summed E-state index contributed by atoms with van der Waals surface area (Å²) in [5, 5.41) is 14.4. The molecule has 0 aliphatic carbocycles. The zero-order chi connectivity index (χ0) is 11.5. The smallest absolute Gasteiger partial charge is 0.176 e. The minimum absolute atomic E-state index is 0.0864. The van der Waals surface area contributed by atoms with Crippen LogP contribution in [0.25, 0.3) is 0 Å². The number of nitrogens with one attached hydrogen (secondary N) is 1. The first-order chi connectivity index (χ1) is 7.70. The average Bonchev–Trinajstić information content (AvgIpc) is 2.84. The number of hydrogen-bond donors (Lipinski definition) is 2. The molecule has 0 saturated carbocycles. The van der Waals surface area contributed by atoms with Crippen molar-refractivity contribution in [2.75, 3.05) is 0 Å². The first-order valence-corrected chi connectivity index (χ1v) is 5.88. The van der Waals surface area contributed by atoms with Crippen LogP contribution < -0.4 is 11.3 Å². The van der Waals surface area contributed by atoms with Crippen LogP contribution in [0.3, 0.4) is 0 Å². The van der Waals surface area contributed by atoms with Gasteiger partial charge in [-0.3, -0.25) is 11.3 Å². The Hall–Kier alpha value is -1.02. The molecule has 0 spiro atoms. The minimum Gasteiger partial charge on any atom is -0.271 e. The number of nitrogens with zero attached hydrogens (tertiary/aromatic N) is 4. The molecular weight excluding hydrogens is 248 g/mol. The molecule has 16 heavy (non-hydrogen) atoms. The first kappa shape index (κ1) is 11.5. The Morgan fingerprint density at radius 2 is 2.50 bits per heavy atom. The molecular formula is C8H11ClN6S. The van der Waals surface area contributed by atoms with Gasteiger partial charge in [0.05, 0.1) is 18.1 Å². The molecule has 86 valence electrons. The predicted octanol–water partition coefficient (Wildman–Crippen LogP) is 0.672. The van der Waals surface area contributed by atoms with Crippen LogP contribution in [0.4, 0.5) is 0 Å². The Bertz CT molecular complexity index is 467. The van der Waals surface area contributed by atoms with Gasteiger partial charge in [-0.15, -0.1) is 21.5 Å². The number of tetrazole rings is 1. The normalized spacial score (nSPS) is 12.9. The lowest BCUT2D eigenvalue weighted by Crippen LogP contribution is -2.29. The third-order valence-electron chi connectivity index (χ3n) is 2.10. The van der Waals surface area contributed by atoms with Crippen molar-refractivity contribution >= 4 is 22.9 Å². The Morgan fingerprint density at radius 3 is 3.00 bits per heavy atom. The standard InChI is InChI=1S/C8H11ClN6S/c1-15-13-7(12-14-15)4-6(11-10)8-5(9)2-3-16-8/h2-3,6,11H,4,10H2,1H3. The highest BCUT2D eigenvalue weighted by Crippen LogP contribution is 2.29. The third-order valence-corrected chi connectivity index (χ3v) is 3.57. The van der Waals surface area contributed by atoms with E-state index < -0.39 is 0 Å². The largest absolute Gasteiger partial charge is 0.271 e. The van der Waals surface area contributed by atoms with Crippen molar-refractivity contribution in [2.24, 2.45) is 12.9 Å². The first-order valence-electron chi connectivity index (χ1n) is 4.62. The summed E-state index contributed by atoms with van der Waals surface area (Å²) in [5.74, 6) is 6.14. The predicted molar refractivity (Wildman–Crippen MR) is 61.9 cm³/mol. The molecule has 0 aliphatic rings. The summed E-state index contributed by atoms with van der Waals surface area (Å²) in [6.45, 7) is 0. The molecule has 0 aromatic carbocycles. The number of hydrazine groups is 1. The van der Waals surface area contributed by atoms with E-state index in [-0.39, 0.29) is 6.04 Å². The molecule has 0 bridgehead atoms. The van der Waals surface area contributed by atoms with Gasteiger partial charge in [-0.05, 0) is 16.7 Å². The maximum Gasteiger partial charge on any atom is 0.176 e.